The zero-order chi connectivity index (χ0) is 23.5. The number of hydrogen-bond donors (Lipinski definition) is 2. The van der Waals surface area contributed by atoms with Crippen LogP contribution >= 0.6 is 11.6 Å². The number of aromatic nitrogens is 1. The first-order chi connectivity index (χ1) is 15.0. The van der Waals surface area contributed by atoms with Crippen molar-refractivity contribution in [2.24, 2.45) is 0 Å². The number of nitrogens with zero attached hydrogens (tertiary/aromatic N) is 2. The van der Waals surface area contributed by atoms with Crippen molar-refractivity contribution < 1.29 is 4.39 Å². The van der Waals surface area contributed by atoms with Crippen LogP contribution < -0.4 is 16.0 Å². The molecule has 0 saturated carbocycles. The van der Waals surface area contributed by atoms with E-state index in [9.17, 15) is 4.39 Å². The number of aryl methyl sites for hydroxylation is 2. The molecule has 6 heteroatoms. The van der Waals surface area contributed by atoms with Crippen molar-refractivity contribution in [3.8, 4) is 0 Å². The maximum absolute atomic E-state index is 13.9. The Morgan fingerprint density at radius 2 is 1.69 bits per heavy atom. The average molecular weight is 457 g/mol. The van der Waals surface area contributed by atoms with Gasteiger partial charge in [0.1, 0.15) is 11.6 Å². The van der Waals surface area contributed by atoms with Gasteiger partial charge in [-0.2, -0.15) is 0 Å². The molecule has 1 fully saturated rings. The molecule has 0 amide bonds. The lowest BCUT2D eigenvalue weighted by Crippen LogP contribution is -2.49. The number of nitrogens with two attached hydrogens (primary N) is 1. The molecule has 3 N–H and O–H groups in total. The van der Waals surface area contributed by atoms with Gasteiger partial charge in [-0.15, -0.1) is 0 Å². The van der Waals surface area contributed by atoms with Crippen LogP contribution in [0.3, 0.4) is 0 Å². The van der Waals surface area contributed by atoms with E-state index in [4.69, 9.17) is 17.3 Å². The van der Waals surface area contributed by atoms with E-state index in [-0.39, 0.29) is 11.4 Å². The second kappa shape index (κ2) is 10.1. The van der Waals surface area contributed by atoms with Crippen LogP contribution in [0.15, 0.2) is 42.5 Å². The molecule has 172 valence electrons. The molecular formula is C26H34ClFN4. The summed E-state index contributed by atoms with van der Waals surface area (Å²) in [5.74, 6) is 0.209. The number of nitrogen functional groups attached to an aromatic ring is 1. The van der Waals surface area contributed by atoms with Crippen molar-refractivity contribution in [1.29, 1.82) is 0 Å². The Morgan fingerprint density at radius 1 is 1.06 bits per heavy atom. The summed E-state index contributed by atoms with van der Waals surface area (Å²) in [4.78, 5) is 6.70. The lowest BCUT2D eigenvalue weighted by atomic mass is 9.99. The molecule has 2 aromatic carbocycles. The van der Waals surface area contributed by atoms with Crippen LogP contribution in [-0.2, 0) is 0 Å². The molecule has 1 aromatic heterocycles. The highest BCUT2D eigenvalue weighted by Crippen LogP contribution is 2.32. The summed E-state index contributed by atoms with van der Waals surface area (Å²) in [7, 11) is 0. The van der Waals surface area contributed by atoms with E-state index in [1.807, 2.05) is 43.3 Å². The van der Waals surface area contributed by atoms with E-state index in [0.29, 0.717) is 22.9 Å². The number of piperidine rings is 1. The summed E-state index contributed by atoms with van der Waals surface area (Å²) in [6.07, 6.45) is 2.17. The van der Waals surface area contributed by atoms with Gasteiger partial charge in [0, 0.05) is 52.4 Å². The van der Waals surface area contributed by atoms with Gasteiger partial charge in [-0.05, 0) is 71.7 Å². The topological polar surface area (TPSA) is 54.2 Å². The van der Waals surface area contributed by atoms with Crippen molar-refractivity contribution in [2.75, 3.05) is 23.7 Å². The van der Waals surface area contributed by atoms with Crippen molar-refractivity contribution in [1.82, 2.24) is 10.3 Å². The third-order valence-corrected chi connectivity index (χ3v) is 5.90. The van der Waals surface area contributed by atoms with Crippen molar-refractivity contribution in [2.45, 2.75) is 59.0 Å². The molecule has 1 aliphatic rings. The van der Waals surface area contributed by atoms with Crippen molar-refractivity contribution in [3.63, 3.8) is 0 Å². The molecule has 0 bridgehead atoms. The lowest BCUT2D eigenvalue weighted by Gasteiger charge is -2.37. The molecule has 3 aromatic rings. The van der Waals surface area contributed by atoms with Crippen molar-refractivity contribution in [3.05, 3.63) is 64.4 Å². The summed E-state index contributed by atoms with van der Waals surface area (Å²) in [6, 6.07) is 13.5. The molecule has 0 radical (unpaired) electrons. The van der Waals surface area contributed by atoms with Gasteiger partial charge in [-0.1, -0.05) is 29.3 Å². The van der Waals surface area contributed by atoms with Gasteiger partial charge in [-0.3, -0.25) is 0 Å². The summed E-state index contributed by atoms with van der Waals surface area (Å²) >= 11 is 5.61. The van der Waals surface area contributed by atoms with E-state index in [1.54, 1.807) is 6.92 Å². The molecule has 32 heavy (non-hydrogen) atoms. The van der Waals surface area contributed by atoms with Gasteiger partial charge in [-0.25, -0.2) is 9.37 Å². The molecule has 0 aliphatic carbocycles. The van der Waals surface area contributed by atoms with Crippen molar-refractivity contribution >= 4 is 34.0 Å². The Hall–Kier alpha value is -2.37. The number of benzene rings is 2. The Balaban J connectivity index is 0.000000305. The van der Waals surface area contributed by atoms with E-state index >= 15 is 0 Å². The van der Waals surface area contributed by atoms with Gasteiger partial charge >= 0.3 is 0 Å². The minimum atomic E-state index is -0.236. The van der Waals surface area contributed by atoms with E-state index in [0.717, 1.165) is 42.0 Å². The van der Waals surface area contributed by atoms with Gasteiger partial charge < -0.3 is 16.0 Å². The summed E-state index contributed by atoms with van der Waals surface area (Å²) in [5.41, 5.74) is 9.66. The first kappa shape index (κ1) is 24.3. The van der Waals surface area contributed by atoms with E-state index in [2.05, 4.69) is 36.0 Å². The van der Waals surface area contributed by atoms with Crippen LogP contribution in [0, 0.1) is 19.7 Å². The number of halogens is 2. The van der Waals surface area contributed by atoms with Crippen LogP contribution in [0.4, 0.5) is 15.9 Å². The number of rotatable bonds is 2. The highest BCUT2D eigenvalue weighted by molar-refractivity contribution is 6.30. The second-order valence-electron chi connectivity index (χ2n) is 9.59. The van der Waals surface area contributed by atoms with E-state index in [1.165, 1.54) is 11.6 Å². The minimum Gasteiger partial charge on any atom is -0.384 e. The highest BCUT2D eigenvalue weighted by Gasteiger charge is 2.24. The average Bonchev–Trinajstić information content (AvgIpc) is 2.73. The maximum atomic E-state index is 13.9. The Kier molecular flexibility index (Phi) is 7.63. The van der Waals surface area contributed by atoms with Crippen LogP contribution in [-0.4, -0.2) is 29.7 Å². The standard InChI is InChI=1S/C19H27FN4.C7H7Cl/c1-12-15(20)6-5-14-16(11-17(21)22-18(12)14)24-9-7-13(8-10-24)23-19(2,3)4;1-6-2-4-7(8)5-3-6/h5-6,11,13,23H,7-10H2,1-4H3,(H2,21,22);2-5H,1H3. The largest absolute Gasteiger partial charge is 0.384 e. The Labute approximate surface area is 196 Å². The van der Waals surface area contributed by atoms with Gasteiger partial charge in [0.15, 0.2) is 0 Å². The number of anilines is 2. The van der Waals surface area contributed by atoms with Crippen LogP contribution in [0.1, 0.15) is 44.7 Å². The van der Waals surface area contributed by atoms with Crippen LogP contribution in [0.5, 0.6) is 0 Å². The second-order valence-corrected chi connectivity index (χ2v) is 10.0. The molecule has 4 rings (SSSR count). The minimum absolute atomic E-state index is 0.134. The van der Waals surface area contributed by atoms with Gasteiger partial charge in [0.05, 0.1) is 5.52 Å². The molecule has 1 saturated heterocycles. The fraction of sp³-hybridized carbons (Fsp3) is 0.423. The Morgan fingerprint density at radius 3 is 2.25 bits per heavy atom. The van der Waals surface area contributed by atoms with Gasteiger partial charge in [0.2, 0.25) is 0 Å². The molecular weight excluding hydrogens is 423 g/mol. The lowest BCUT2D eigenvalue weighted by molar-refractivity contribution is 0.317. The predicted octanol–water partition coefficient (Wildman–Crippen LogP) is 6.27. The number of hydrogen-bond acceptors (Lipinski definition) is 4. The summed E-state index contributed by atoms with van der Waals surface area (Å²) < 4.78 is 13.9. The third-order valence-electron chi connectivity index (χ3n) is 5.65. The first-order valence-corrected chi connectivity index (χ1v) is 11.5. The third kappa shape index (κ3) is 6.33. The zero-order valence-corrected chi connectivity index (χ0v) is 20.4. The monoisotopic (exact) mass is 456 g/mol. The summed E-state index contributed by atoms with van der Waals surface area (Å²) in [6.45, 7) is 12.3. The number of pyridine rings is 1. The van der Waals surface area contributed by atoms with E-state index < -0.39 is 0 Å². The summed E-state index contributed by atoms with van der Waals surface area (Å²) in [5, 5.41) is 5.46. The molecule has 1 aliphatic heterocycles. The zero-order valence-electron chi connectivity index (χ0n) is 19.7. The Bertz CT molecular complexity index is 1030. The highest BCUT2D eigenvalue weighted by atomic mass is 35.5. The quantitative estimate of drug-likeness (QED) is 0.477. The molecule has 4 nitrogen and oxygen atoms in total. The molecule has 0 spiro atoms. The normalized spacial score (nSPS) is 14.9. The van der Waals surface area contributed by atoms with Gasteiger partial charge in [0.25, 0.3) is 0 Å². The smallest absolute Gasteiger partial charge is 0.128 e. The predicted molar refractivity (Wildman–Crippen MR) is 135 cm³/mol. The molecule has 2 heterocycles. The number of nitrogens with one attached hydrogen (secondary N) is 1. The SMILES string of the molecule is Cc1c(F)ccc2c(N3CCC(NC(C)(C)C)CC3)cc(N)nc12.Cc1ccc(Cl)cc1. The molecule has 0 unspecified atom stereocenters. The fourth-order valence-corrected chi connectivity index (χ4v) is 4.20. The number of fused-ring (bicyclic) bond motifs is 1. The molecule has 0 atom stereocenters. The fourth-order valence-electron chi connectivity index (χ4n) is 4.08. The maximum Gasteiger partial charge on any atom is 0.128 e. The first-order valence-electron chi connectivity index (χ1n) is 11.1. The van der Waals surface area contributed by atoms with Crippen LogP contribution in [0.2, 0.25) is 5.02 Å². The van der Waals surface area contributed by atoms with Crippen LogP contribution in [0.25, 0.3) is 10.9 Å².